The fraction of sp³-hybridized carbons (Fsp3) is 0.375. The molecule has 1 amide bonds. The van der Waals surface area contributed by atoms with Gasteiger partial charge in [-0.15, -0.1) is 12.4 Å². The first-order valence-corrected chi connectivity index (χ1v) is 7.85. The number of benzene rings is 1. The minimum absolute atomic E-state index is 0. The van der Waals surface area contributed by atoms with Gasteiger partial charge in [-0.25, -0.2) is 4.68 Å². The number of hydrogen-bond donors (Lipinski definition) is 2. The van der Waals surface area contributed by atoms with Gasteiger partial charge < -0.3 is 10.6 Å². The maximum absolute atomic E-state index is 12.4. The molecule has 1 aromatic carbocycles. The summed E-state index contributed by atoms with van der Waals surface area (Å²) in [6.07, 6.45) is 3.88. The van der Waals surface area contributed by atoms with Crippen molar-refractivity contribution in [3.63, 3.8) is 0 Å². The lowest BCUT2D eigenvalue weighted by Crippen LogP contribution is -2.45. The molecule has 2 aromatic rings. The van der Waals surface area contributed by atoms with Crippen molar-refractivity contribution in [2.45, 2.75) is 25.8 Å². The van der Waals surface area contributed by atoms with Gasteiger partial charge in [-0.1, -0.05) is 11.6 Å². The SMILES string of the molecule is Cc1nn(-c2ccc(Cl)cc2)cc1C(=O)NC1CCCNC1.Cl. The fourth-order valence-corrected chi connectivity index (χ4v) is 2.77. The summed E-state index contributed by atoms with van der Waals surface area (Å²) in [6.45, 7) is 3.70. The molecule has 0 radical (unpaired) electrons. The molecule has 7 heteroatoms. The van der Waals surface area contributed by atoms with Crippen molar-refractivity contribution >= 4 is 29.9 Å². The van der Waals surface area contributed by atoms with Crippen molar-refractivity contribution in [2.24, 2.45) is 0 Å². The van der Waals surface area contributed by atoms with E-state index in [9.17, 15) is 4.79 Å². The van der Waals surface area contributed by atoms with Gasteiger partial charge in [-0.3, -0.25) is 4.79 Å². The van der Waals surface area contributed by atoms with E-state index in [2.05, 4.69) is 15.7 Å². The number of nitrogens with one attached hydrogen (secondary N) is 2. The van der Waals surface area contributed by atoms with E-state index < -0.39 is 0 Å². The van der Waals surface area contributed by atoms with Crippen LogP contribution in [0.1, 0.15) is 28.9 Å². The van der Waals surface area contributed by atoms with Crippen molar-refractivity contribution in [3.8, 4) is 5.69 Å². The van der Waals surface area contributed by atoms with E-state index in [1.54, 1.807) is 23.0 Å². The normalized spacial score (nSPS) is 17.4. The largest absolute Gasteiger partial charge is 0.348 e. The smallest absolute Gasteiger partial charge is 0.255 e. The van der Waals surface area contributed by atoms with Gasteiger partial charge in [0.25, 0.3) is 5.91 Å². The summed E-state index contributed by atoms with van der Waals surface area (Å²) in [5, 5.41) is 11.5. The predicted octanol–water partition coefficient (Wildman–Crippen LogP) is 2.74. The lowest BCUT2D eigenvalue weighted by atomic mass is 10.1. The minimum atomic E-state index is -0.0635. The second kappa shape index (κ2) is 7.81. The van der Waals surface area contributed by atoms with Crippen LogP contribution in [0.3, 0.4) is 0 Å². The number of aromatic nitrogens is 2. The van der Waals surface area contributed by atoms with Gasteiger partial charge in [0.2, 0.25) is 0 Å². The summed E-state index contributed by atoms with van der Waals surface area (Å²) < 4.78 is 1.71. The Morgan fingerprint density at radius 2 is 2.13 bits per heavy atom. The summed E-state index contributed by atoms with van der Waals surface area (Å²) in [4.78, 5) is 12.4. The number of carbonyl (C=O) groups excluding carboxylic acids is 1. The highest BCUT2D eigenvalue weighted by Crippen LogP contribution is 2.15. The lowest BCUT2D eigenvalue weighted by molar-refractivity contribution is 0.0930. The standard InChI is InChI=1S/C16H19ClN4O.ClH/c1-11-15(16(22)19-13-3-2-8-18-9-13)10-21(20-11)14-6-4-12(17)5-7-14;/h4-7,10,13,18H,2-3,8-9H2,1H3,(H,19,22);1H. The van der Waals surface area contributed by atoms with Crippen molar-refractivity contribution in [3.05, 3.63) is 46.7 Å². The minimum Gasteiger partial charge on any atom is -0.348 e. The first kappa shape index (κ1) is 17.8. The molecule has 0 spiro atoms. The highest BCUT2D eigenvalue weighted by atomic mass is 35.5. The summed E-state index contributed by atoms with van der Waals surface area (Å²) in [7, 11) is 0. The van der Waals surface area contributed by atoms with Gasteiger partial charge in [0.1, 0.15) is 0 Å². The summed E-state index contributed by atoms with van der Waals surface area (Å²) in [6, 6.07) is 7.56. The average Bonchev–Trinajstić information content (AvgIpc) is 2.91. The van der Waals surface area contributed by atoms with Crippen LogP contribution >= 0.6 is 24.0 Å². The first-order valence-electron chi connectivity index (χ1n) is 7.47. The monoisotopic (exact) mass is 354 g/mol. The Labute approximate surface area is 146 Å². The molecule has 3 rings (SSSR count). The van der Waals surface area contributed by atoms with Crippen molar-refractivity contribution in [1.29, 1.82) is 0 Å². The zero-order valence-corrected chi connectivity index (χ0v) is 14.5. The Bertz CT molecular complexity index is 663. The van der Waals surface area contributed by atoms with Crippen LogP contribution in [-0.2, 0) is 0 Å². The number of halogens is 2. The van der Waals surface area contributed by atoms with E-state index in [0.29, 0.717) is 10.6 Å². The molecule has 1 aliphatic heterocycles. The van der Waals surface area contributed by atoms with Gasteiger partial charge in [0.05, 0.1) is 16.9 Å². The molecule has 0 aliphatic carbocycles. The quantitative estimate of drug-likeness (QED) is 0.890. The van der Waals surface area contributed by atoms with E-state index in [1.165, 1.54) is 0 Å². The Morgan fingerprint density at radius 1 is 1.39 bits per heavy atom. The molecule has 124 valence electrons. The number of nitrogens with zero attached hydrogens (tertiary/aromatic N) is 2. The third kappa shape index (κ3) is 4.25. The van der Waals surface area contributed by atoms with Crippen LogP contribution in [0.5, 0.6) is 0 Å². The van der Waals surface area contributed by atoms with Crippen molar-refractivity contribution in [2.75, 3.05) is 13.1 Å². The third-order valence-electron chi connectivity index (χ3n) is 3.87. The summed E-state index contributed by atoms with van der Waals surface area (Å²) in [5.74, 6) is -0.0635. The molecule has 1 atom stereocenters. The Morgan fingerprint density at radius 3 is 2.78 bits per heavy atom. The second-order valence-corrected chi connectivity index (χ2v) is 6.00. The molecule has 2 N–H and O–H groups in total. The van der Waals surface area contributed by atoms with Gasteiger partial charge >= 0.3 is 0 Å². The molecule has 1 unspecified atom stereocenters. The predicted molar refractivity (Wildman–Crippen MR) is 93.9 cm³/mol. The Hall–Kier alpha value is -1.56. The molecule has 0 bridgehead atoms. The van der Waals surface area contributed by atoms with E-state index in [-0.39, 0.29) is 24.4 Å². The molecule has 23 heavy (non-hydrogen) atoms. The fourth-order valence-electron chi connectivity index (χ4n) is 2.65. The van der Waals surface area contributed by atoms with Gasteiger partial charge in [-0.05, 0) is 50.6 Å². The van der Waals surface area contributed by atoms with Gasteiger partial charge in [-0.2, -0.15) is 5.10 Å². The molecular weight excluding hydrogens is 335 g/mol. The molecule has 1 saturated heterocycles. The number of carbonyl (C=O) groups is 1. The summed E-state index contributed by atoms with van der Waals surface area (Å²) >= 11 is 5.89. The second-order valence-electron chi connectivity index (χ2n) is 5.57. The molecule has 2 heterocycles. The van der Waals surface area contributed by atoms with Crippen molar-refractivity contribution < 1.29 is 4.79 Å². The zero-order valence-electron chi connectivity index (χ0n) is 12.9. The number of piperidine rings is 1. The van der Waals surface area contributed by atoms with E-state index in [0.717, 1.165) is 37.3 Å². The van der Waals surface area contributed by atoms with Crippen molar-refractivity contribution in [1.82, 2.24) is 20.4 Å². The van der Waals surface area contributed by atoms with Crippen LogP contribution in [0.25, 0.3) is 5.69 Å². The van der Waals surface area contributed by atoms with Crippen LogP contribution in [0.15, 0.2) is 30.5 Å². The molecule has 5 nitrogen and oxygen atoms in total. The van der Waals surface area contributed by atoms with E-state index >= 15 is 0 Å². The number of rotatable bonds is 3. The maximum atomic E-state index is 12.4. The summed E-state index contributed by atoms with van der Waals surface area (Å²) in [5.41, 5.74) is 2.21. The molecule has 1 fully saturated rings. The Kier molecular flexibility index (Phi) is 6.04. The zero-order chi connectivity index (χ0) is 15.5. The lowest BCUT2D eigenvalue weighted by Gasteiger charge is -2.23. The maximum Gasteiger partial charge on any atom is 0.255 e. The molecule has 1 aromatic heterocycles. The van der Waals surface area contributed by atoms with Crippen LogP contribution in [-0.4, -0.2) is 34.8 Å². The topological polar surface area (TPSA) is 59.0 Å². The van der Waals surface area contributed by atoms with Gasteiger partial charge in [0, 0.05) is 23.8 Å². The van der Waals surface area contributed by atoms with Crippen LogP contribution in [0, 0.1) is 6.92 Å². The number of aryl methyl sites for hydroxylation is 1. The third-order valence-corrected chi connectivity index (χ3v) is 4.12. The highest BCUT2D eigenvalue weighted by Gasteiger charge is 2.19. The van der Waals surface area contributed by atoms with Crippen LogP contribution in [0.4, 0.5) is 0 Å². The number of amides is 1. The van der Waals surface area contributed by atoms with Gasteiger partial charge in [0.15, 0.2) is 0 Å². The van der Waals surface area contributed by atoms with Crippen LogP contribution in [0.2, 0.25) is 5.02 Å². The van der Waals surface area contributed by atoms with Crippen LogP contribution < -0.4 is 10.6 Å². The van der Waals surface area contributed by atoms with E-state index in [4.69, 9.17) is 11.6 Å². The average molecular weight is 355 g/mol. The first-order chi connectivity index (χ1) is 10.6. The molecule has 1 aliphatic rings. The molecule has 0 saturated carbocycles. The molecular formula is C16H20Cl2N4O. The van der Waals surface area contributed by atoms with E-state index in [1.807, 2.05) is 19.1 Å². The highest BCUT2D eigenvalue weighted by molar-refractivity contribution is 6.30. The Balaban J connectivity index is 0.00000192. The number of hydrogen-bond acceptors (Lipinski definition) is 3.